The fraction of sp³-hybridized carbons (Fsp3) is 0.846. The lowest BCUT2D eigenvalue weighted by Crippen LogP contribution is -1.97. The molecular weight excluding hydrogens is 216 g/mol. The zero-order valence-electron chi connectivity index (χ0n) is 11.0. The maximum atomic E-state index is 5.86. The van der Waals surface area contributed by atoms with Gasteiger partial charge in [0.2, 0.25) is 11.8 Å². The molecular formula is C13H20N2O2. The molecule has 0 amide bonds. The normalized spacial score (nSPS) is 30.7. The summed E-state index contributed by atoms with van der Waals surface area (Å²) in [4.78, 5) is 0. The van der Waals surface area contributed by atoms with Crippen molar-refractivity contribution in [1.82, 2.24) is 10.2 Å². The van der Waals surface area contributed by atoms with E-state index < -0.39 is 0 Å². The van der Waals surface area contributed by atoms with Gasteiger partial charge in [0.05, 0.1) is 12.5 Å². The van der Waals surface area contributed by atoms with E-state index >= 15 is 0 Å². The highest BCUT2D eigenvalue weighted by Crippen LogP contribution is 2.73. The minimum atomic E-state index is 0.253. The molecule has 0 bridgehead atoms. The average Bonchev–Trinajstić information content (AvgIpc) is 2.75. The van der Waals surface area contributed by atoms with Gasteiger partial charge in [0, 0.05) is 12.5 Å². The molecule has 4 nitrogen and oxygen atoms in total. The Morgan fingerprint density at radius 1 is 1.06 bits per heavy atom. The summed E-state index contributed by atoms with van der Waals surface area (Å²) in [5, 5.41) is 8.44. The van der Waals surface area contributed by atoms with Crippen LogP contribution in [0.25, 0.3) is 0 Å². The van der Waals surface area contributed by atoms with Gasteiger partial charge in [0.25, 0.3) is 0 Å². The zero-order valence-corrected chi connectivity index (χ0v) is 11.0. The Bertz CT molecular complexity index is 416. The topological polar surface area (TPSA) is 48.2 Å². The second kappa shape index (κ2) is 3.31. The van der Waals surface area contributed by atoms with E-state index in [1.807, 2.05) is 0 Å². The molecule has 1 atom stereocenters. The summed E-state index contributed by atoms with van der Waals surface area (Å²) in [6.45, 7) is 10.6. The van der Waals surface area contributed by atoms with Crippen LogP contribution in [-0.2, 0) is 4.74 Å². The van der Waals surface area contributed by atoms with Gasteiger partial charge in [-0.2, -0.15) is 0 Å². The average molecular weight is 236 g/mol. The van der Waals surface area contributed by atoms with E-state index in [1.165, 1.54) is 0 Å². The van der Waals surface area contributed by atoms with Gasteiger partial charge >= 0.3 is 0 Å². The largest absolute Gasteiger partial charge is 0.425 e. The predicted octanol–water partition coefficient (Wildman–Crippen LogP) is 2.72. The minimum Gasteiger partial charge on any atom is -0.425 e. The van der Waals surface area contributed by atoms with Crippen LogP contribution in [0.3, 0.4) is 0 Å². The summed E-state index contributed by atoms with van der Waals surface area (Å²) in [5.74, 6) is 2.26. The molecule has 0 spiro atoms. The number of rotatable bonds is 2. The van der Waals surface area contributed by atoms with Crippen LogP contribution in [0, 0.1) is 10.8 Å². The third-order valence-corrected chi connectivity index (χ3v) is 5.00. The van der Waals surface area contributed by atoms with Crippen molar-refractivity contribution in [2.75, 3.05) is 13.2 Å². The molecule has 0 radical (unpaired) electrons. The van der Waals surface area contributed by atoms with Gasteiger partial charge in [-0.15, -0.1) is 10.2 Å². The van der Waals surface area contributed by atoms with Crippen LogP contribution in [0.15, 0.2) is 4.42 Å². The van der Waals surface area contributed by atoms with Gasteiger partial charge in [0.1, 0.15) is 0 Å². The molecule has 1 aromatic heterocycles. The van der Waals surface area contributed by atoms with Gasteiger partial charge in [-0.05, 0) is 17.3 Å². The highest BCUT2D eigenvalue weighted by Gasteiger charge is 2.67. The summed E-state index contributed by atoms with van der Waals surface area (Å²) < 4.78 is 11.2. The van der Waals surface area contributed by atoms with Crippen LogP contribution in [-0.4, -0.2) is 23.4 Å². The minimum absolute atomic E-state index is 0.253. The number of nitrogens with zero attached hydrogens (tertiary/aromatic N) is 2. The second-order valence-electron chi connectivity index (χ2n) is 6.42. The molecule has 0 N–H and O–H groups in total. The molecule has 2 fully saturated rings. The van der Waals surface area contributed by atoms with E-state index in [0.29, 0.717) is 11.8 Å². The molecule has 2 aliphatic rings. The first-order valence-corrected chi connectivity index (χ1v) is 6.35. The number of ether oxygens (including phenoxy) is 1. The SMILES string of the molecule is CC1(C)C(c2nnc(C3CCOC3)o2)C1(C)C. The molecule has 4 heteroatoms. The maximum Gasteiger partial charge on any atom is 0.222 e. The molecule has 1 saturated heterocycles. The lowest BCUT2D eigenvalue weighted by Gasteiger charge is -2.03. The van der Waals surface area contributed by atoms with E-state index in [0.717, 1.165) is 31.4 Å². The Morgan fingerprint density at radius 2 is 1.71 bits per heavy atom. The zero-order chi connectivity index (χ0) is 12.3. The van der Waals surface area contributed by atoms with Gasteiger partial charge in [-0.3, -0.25) is 0 Å². The third kappa shape index (κ3) is 1.46. The fourth-order valence-electron chi connectivity index (χ4n) is 3.07. The maximum absolute atomic E-state index is 5.86. The molecule has 94 valence electrons. The van der Waals surface area contributed by atoms with Gasteiger partial charge in [0.15, 0.2) is 0 Å². The summed E-state index contributed by atoms with van der Waals surface area (Å²) >= 11 is 0. The summed E-state index contributed by atoms with van der Waals surface area (Å²) in [6, 6.07) is 0. The van der Waals surface area contributed by atoms with E-state index in [2.05, 4.69) is 37.9 Å². The first-order valence-electron chi connectivity index (χ1n) is 6.35. The Labute approximate surface area is 102 Å². The molecule has 17 heavy (non-hydrogen) atoms. The van der Waals surface area contributed by atoms with Crippen molar-refractivity contribution in [3.05, 3.63) is 11.8 Å². The van der Waals surface area contributed by atoms with E-state index in [4.69, 9.17) is 9.15 Å². The third-order valence-electron chi connectivity index (χ3n) is 5.00. The molecule has 1 aliphatic heterocycles. The number of hydrogen-bond donors (Lipinski definition) is 0. The van der Waals surface area contributed by atoms with Crippen molar-refractivity contribution in [2.24, 2.45) is 10.8 Å². The Morgan fingerprint density at radius 3 is 2.24 bits per heavy atom. The van der Waals surface area contributed by atoms with E-state index in [-0.39, 0.29) is 10.8 Å². The highest BCUT2D eigenvalue weighted by molar-refractivity contribution is 5.24. The first kappa shape index (κ1) is 11.2. The van der Waals surface area contributed by atoms with Crippen molar-refractivity contribution in [3.8, 4) is 0 Å². The van der Waals surface area contributed by atoms with Gasteiger partial charge < -0.3 is 9.15 Å². The van der Waals surface area contributed by atoms with Crippen molar-refractivity contribution >= 4 is 0 Å². The molecule has 2 heterocycles. The van der Waals surface area contributed by atoms with Crippen molar-refractivity contribution in [2.45, 2.75) is 46.0 Å². The predicted molar refractivity (Wildman–Crippen MR) is 62.8 cm³/mol. The highest BCUT2D eigenvalue weighted by atomic mass is 16.5. The van der Waals surface area contributed by atoms with Crippen LogP contribution >= 0.6 is 0 Å². The van der Waals surface area contributed by atoms with Crippen LogP contribution in [0.4, 0.5) is 0 Å². The van der Waals surface area contributed by atoms with Crippen LogP contribution in [0.2, 0.25) is 0 Å². The fourth-order valence-corrected chi connectivity index (χ4v) is 3.07. The number of hydrogen-bond acceptors (Lipinski definition) is 4. The summed E-state index contributed by atoms with van der Waals surface area (Å²) in [7, 11) is 0. The van der Waals surface area contributed by atoms with Crippen LogP contribution in [0.5, 0.6) is 0 Å². The quantitative estimate of drug-likeness (QED) is 0.792. The molecule has 3 rings (SSSR count). The Kier molecular flexibility index (Phi) is 2.18. The molecule has 0 aromatic carbocycles. The second-order valence-corrected chi connectivity index (χ2v) is 6.42. The summed E-state index contributed by atoms with van der Waals surface area (Å²) in [5.41, 5.74) is 0.506. The molecule has 1 aromatic rings. The first-order chi connectivity index (χ1) is 7.94. The number of aromatic nitrogens is 2. The standard InChI is InChI=1S/C13H20N2O2/c1-12(2)9(13(12,3)4)11-15-14-10(17-11)8-5-6-16-7-8/h8-9H,5-7H2,1-4H3. The summed E-state index contributed by atoms with van der Waals surface area (Å²) in [6.07, 6.45) is 0.999. The molecule has 1 unspecified atom stereocenters. The molecule has 1 saturated carbocycles. The molecule has 1 aliphatic carbocycles. The monoisotopic (exact) mass is 236 g/mol. The van der Waals surface area contributed by atoms with Crippen molar-refractivity contribution in [1.29, 1.82) is 0 Å². The Balaban J connectivity index is 1.82. The van der Waals surface area contributed by atoms with E-state index in [1.54, 1.807) is 0 Å². The van der Waals surface area contributed by atoms with Crippen LogP contribution < -0.4 is 0 Å². The van der Waals surface area contributed by atoms with Gasteiger partial charge in [-0.1, -0.05) is 27.7 Å². The lowest BCUT2D eigenvalue weighted by atomic mass is 10.0. The van der Waals surface area contributed by atoms with Crippen molar-refractivity contribution < 1.29 is 9.15 Å². The smallest absolute Gasteiger partial charge is 0.222 e. The van der Waals surface area contributed by atoms with Crippen molar-refractivity contribution in [3.63, 3.8) is 0 Å². The Hall–Kier alpha value is -0.900. The van der Waals surface area contributed by atoms with E-state index in [9.17, 15) is 0 Å². The van der Waals surface area contributed by atoms with Crippen LogP contribution in [0.1, 0.15) is 57.7 Å². The lowest BCUT2D eigenvalue weighted by molar-refractivity contribution is 0.190. The van der Waals surface area contributed by atoms with Gasteiger partial charge in [-0.25, -0.2) is 0 Å².